The SMILES string of the molecule is Cc1noc(C)c1CSCC(=O)N1C[C@@H](C(F)(F)F)[C@H](C(=O)O)C1. The van der Waals surface area contributed by atoms with Crippen molar-refractivity contribution in [3.05, 3.63) is 17.0 Å². The van der Waals surface area contributed by atoms with Gasteiger partial charge in [-0.3, -0.25) is 9.59 Å². The Balaban J connectivity index is 1.92. The van der Waals surface area contributed by atoms with Crippen LogP contribution in [0.3, 0.4) is 0 Å². The lowest BCUT2D eigenvalue weighted by Gasteiger charge is -2.18. The first-order valence-electron chi connectivity index (χ1n) is 7.18. The van der Waals surface area contributed by atoms with Crippen molar-refractivity contribution in [2.45, 2.75) is 25.8 Å². The first-order chi connectivity index (χ1) is 11.1. The molecule has 1 aromatic heterocycles. The molecule has 0 aromatic carbocycles. The van der Waals surface area contributed by atoms with Crippen LogP contribution < -0.4 is 0 Å². The molecule has 2 atom stereocenters. The van der Waals surface area contributed by atoms with E-state index in [2.05, 4.69) is 5.16 Å². The van der Waals surface area contributed by atoms with Crippen molar-refractivity contribution >= 4 is 23.6 Å². The van der Waals surface area contributed by atoms with E-state index >= 15 is 0 Å². The van der Waals surface area contributed by atoms with E-state index in [9.17, 15) is 22.8 Å². The largest absolute Gasteiger partial charge is 0.481 e. The zero-order valence-corrected chi connectivity index (χ0v) is 13.9. The molecule has 2 heterocycles. The molecular formula is C14H17F3N2O4S. The second-order valence-electron chi connectivity index (χ2n) is 5.69. The number of aromatic nitrogens is 1. The Kier molecular flexibility index (Phi) is 5.46. The zero-order valence-electron chi connectivity index (χ0n) is 13.1. The molecule has 0 radical (unpaired) electrons. The fourth-order valence-electron chi connectivity index (χ4n) is 2.63. The van der Waals surface area contributed by atoms with E-state index in [1.54, 1.807) is 13.8 Å². The zero-order chi connectivity index (χ0) is 18.1. The minimum atomic E-state index is -4.64. The molecule has 1 aromatic rings. The molecular weight excluding hydrogens is 349 g/mol. The lowest BCUT2D eigenvalue weighted by atomic mass is 9.96. The smallest absolute Gasteiger partial charge is 0.394 e. The summed E-state index contributed by atoms with van der Waals surface area (Å²) in [6.45, 7) is 2.49. The van der Waals surface area contributed by atoms with Gasteiger partial charge in [-0.2, -0.15) is 13.2 Å². The van der Waals surface area contributed by atoms with E-state index in [4.69, 9.17) is 9.63 Å². The lowest BCUT2D eigenvalue weighted by Crippen LogP contribution is -2.34. The fourth-order valence-corrected chi connectivity index (χ4v) is 3.70. The van der Waals surface area contributed by atoms with Gasteiger partial charge in [-0.05, 0) is 13.8 Å². The molecule has 0 aliphatic carbocycles. The maximum Gasteiger partial charge on any atom is 0.394 e. The van der Waals surface area contributed by atoms with Gasteiger partial charge in [0.05, 0.1) is 23.3 Å². The van der Waals surface area contributed by atoms with Gasteiger partial charge in [0, 0.05) is 24.4 Å². The van der Waals surface area contributed by atoms with Crippen molar-refractivity contribution in [2.24, 2.45) is 11.8 Å². The number of hydrogen-bond donors (Lipinski definition) is 1. The number of carbonyl (C=O) groups is 2. The Hall–Kier alpha value is -1.71. The summed E-state index contributed by atoms with van der Waals surface area (Å²) in [5.41, 5.74) is 1.56. The van der Waals surface area contributed by atoms with Gasteiger partial charge in [-0.15, -0.1) is 11.8 Å². The molecule has 134 valence electrons. The van der Waals surface area contributed by atoms with E-state index in [-0.39, 0.29) is 5.75 Å². The highest BCUT2D eigenvalue weighted by molar-refractivity contribution is 7.99. The molecule has 1 fully saturated rings. The van der Waals surface area contributed by atoms with Crippen LogP contribution in [-0.2, 0) is 15.3 Å². The molecule has 2 rings (SSSR count). The van der Waals surface area contributed by atoms with Crippen molar-refractivity contribution in [1.82, 2.24) is 10.1 Å². The number of amides is 1. The van der Waals surface area contributed by atoms with Crippen LogP contribution in [0.15, 0.2) is 4.52 Å². The average Bonchev–Trinajstić information content (AvgIpc) is 3.05. The number of hydrogen-bond acceptors (Lipinski definition) is 5. The van der Waals surface area contributed by atoms with Gasteiger partial charge >= 0.3 is 12.1 Å². The standard InChI is InChI=1S/C14H17F3N2O4S/c1-7-10(8(2)23-18-7)5-24-6-12(20)19-3-9(13(21)22)11(4-19)14(15,16)17/h9,11H,3-6H2,1-2H3,(H,21,22)/t9-,11-/m1/s1. The van der Waals surface area contributed by atoms with E-state index in [0.717, 1.165) is 10.5 Å². The van der Waals surface area contributed by atoms with Crippen LogP contribution in [0.2, 0.25) is 0 Å². The van der Waals surface area contributed by atoms with Crippen molar-refractivity contribution in [1.29, 1.82) is 0 Å². The predicted molar refractivity (Wildman–Crippen MR) is 79.4 cm³/mol. The number of carboxylic acid groups (broad SMARTS) is 1. The minimum absolute atomic E-state index is 0.0268. The van der Waals surface area contributed by atoms with Gasteiger partial charge in [-0.25, -0.2) is 0 Å². The molecule has 0 saturated carbocycles. The molecule has 1 aliphatic rings. The van der Waals surface area contributed by atoms with Crippen LogP contribution >= 0.6 is 11.8 Å². The molecule has 1 N–H and O–H groups in total. The molecule has 24 heavy (non-hydrogen) atoms. The van der Waals surface area contributed by atoms with E-state index in [1.807, 2.05) is 0 Å². The van der Waals surface area contributed by atoms with Gasteiger partial charge < -0.3 is 14.5 Å². The summed E-state index contributed by atoms with van der Waals surface area (Å²) in [7, 11) is 0. The summed E-state index contributed by atoms with van der Waals surface area (Å²) in [5.74, 6) is -4.60. The monoisotopic (exact) mass is 366 g/mol. The molecule has 1 aliphatic heterocycles. The summed E-state index contributed by atoms with van der Waals surface area (Å²) in [5, 5.41) is 12.7. The predicted octanol–water partition coefficient (Wildman–Crippen LogP) is 2.25. The summed E-state index contributed by atoms with van der Waals surface area (Å²) in [6, 6.07) is 0. The third kappa shape index (κ3) is 4.03. The van der Waals surface area contributed by atoms with Crippen molar-refractivity contribution in [3.8, 4) is 0 Å². The molecule has 0 unspecified atom stereocenters. The summed E-state index contributed by atoms with van der Waals surface area (Å²) < 4.78 is 43.7. The Bertz CT molecular complexity index is 613. The number of aliphatic carboxylic acids is 1. The first-order valence-corrected chi connectivity index (χ1v) is 8.33. The van der Waals surface area contributed by atoms with Crippen molar-refractivity contribution < 1.29 is 32.4 Å². The van der Waals surface area contributed by atoms with Gasteiger partial charge in [0.2, 0.25) is 5.91 Å². The Labute approximate surface area is 140 Å². The van der Waals surface area contributed by atoms with Gasteiger partial charge in [-0.1, -0.05) is 5.16 Å². The van der Waals surface area contributed by atoms with Crippen LogP contribution in [0, 0.1) is 25.7 Å². The minimum Gasteiger partial charge on any atom is -0.481 e. The molecule has 10 heteroatoms. The third-order valence-corrected chi connectivity index (χ3v) is 5.01. The van der Waals surface area contributed by atoms with Gasteiger partial charge in [0.25, 0.3) is 0 Å². The lowest BCUT2D eigenvalue weighted by molar-refractivity contribution is -0.188. The van der Waals surface area contributed by atoms with Gasteiger partial charge in [0.15, 0.2) is 0 Å². The Morgan fingerprint density at radius 2 is 2.04 bits per heavy atom. The van der Waals surface area contributed by atoms with Crippen molar-refractivity contribution in [3.63, 3.8) is 0 Å². The van der Waals surface area contributed by atoms with Crippen LogP contribution in [-0.4, -0.2) is 52.1 Å². The number of nitrogens with zero attached hydrogens (tertiary/aromatic N) is 2. The van der Waals surface area contributed by atoms with E-state index < -0.39 is 43.0 Å². The molecule has 0 spiro atoms. The number of alkyl halides is 3. The van der Waals surface area contributed by atoms with Crippen LogP contribution in [0.5, 0.6) is 0 Å². The van der Waals surface area contributed by atoms with Crippen LogP contribution in [0.25, 0.3) is 0 Å². The highest BCUT2D eigenvalue weighted by atomic mass is 32.2. The average molecular weight is 366 g/mol. The van der Waals surface area contributed by atoms with E-state index in [1.165, 1.54) is 11.8 Å². The summed E-state index contributed by atoms with van der Waals surface area (Å²) in [6.07, 6.45) is -4.64. The highest BCUT2D eigenvalue weighted by Gasteiger charge is 2.53. The Morgan fingerprint density at radius 1 is 1.38 bits per heavy atom. The quantitative estimate of drug-likeness (QED) is 0.861. The van der Waals surface area contributed by atoms with Gasteiger partial charge in [0.1, 0.15) is 5.76 Å². The Morgan fingerprint density at radius 3 is 2.50 bits per heavy atom. The second kappa shape index (κ2) is 7.04. The number of rotatable bonds is 5. The highest BCUT2D eigenvalue weighted by Crippen LogP contribution is 2.38. The number of likely N-dealkylation sites (tertiary alicyclic amines) is 1. The van der Waals surface area contributed by atoms with Crippen LogP contribution in [0.1, 0.15) is 17.0 Å². The van der Waals surface area contributed by atoms with E-state index in [0.29, 0.717) is 17.2 Å². The molecule has 1 amide bonds. The van der Waals surface area contributed by atoms with Crippen molar-refractivity contribution in [2.75, 3.05) is 18.8 Å². The number of carboxylic acids is 1. The fraction of sp³-hybridized carbons (Fsp3) is 0.643. The maximum absolute atomic E-state index is 12.9. The van der Waals surface area contributed by atoms with Crippen LogP contribution in [0.4, 0.5) is 13.2 Å². The number of halogens is 3. The normalized spacial score (nSPS) is 21.3. The number of carbonyl (C=O) groups excluding carboxylic acids is 1. The first kappa shape index (κ1) is 18.6. The molecule has 0 bridgehead atoms. The topological polar surface area (TPSA) is 83.6 Å². The molecule has 6 nitrogen and oxygen atoms in total. The number of aryl methyl sites for hydroxylation is 2. The third-order valence-electron chi connectivity index (χ3n) is 4.06. The maximum atomic E-state index is 12.9. The summed E-state index contributed by atoms with van der Waals surface area (Å²) >= 11 is 1.23. The molecule has 1 saturated heterocycles. The summed E-state index contributed by atoms with van der Waals surface area (Å²) in [4.78, 5) is 24.1. The second-order valence-corrected chi connectivity index (χ2v) is 6.67. The number of thioether (sulfide) groups is 1.